The topological polar surface area (TPSA) is 0 Å². The molecule has 0 atom stereocenters. The summed E-state index contributed by atoms with van der Waals surface area (Å²) in [6, 6.07) is 10.7. The van der Waals surface area contributed by atoms with Gasteiger partial charge in [0.15, 0.2) is 0 Å². The molecule has 0 unspecified atom stereocenters. The lowest BCUT2D eigenvalue weighted by Crippen LogP contribution is -2.13. The summed E-state index contributed by atoms with van der Waals surface area (Å²) >= 11 is 0. The Labute approximate surface area is 163 Å². The highest BCUT2D eigenvalue weighted by Gasteiger charge is 2.41. The molecule has 0 saturated carbocycles. The smallest absolute Gasteiger partial charge is 0.166 e. The standard InChI is InChI=1S/C23H16F6/c1-2-13-10-14-6-5-9-17(18(14)11-13)21-16-8-4-3-7-15(16)19(22(24,25)26)12-20(21)23(27,28)29/h3-9,11-12H,2,10H2,1H3. The molecule has 6 heteroatoms. The molecule has 0 heterocycles. The molecule has 0 fully saturated rings. The maximum absolute atomic E-state index is 13.9. The number of alkyl halides is 6. The maximum atomic E-state index is 13.9. The Morgan fingerprint density at radius 3 is 2.07 bits per heavy atom. The highest BCUT2D eigenvalue weighted by Crippen LogP contribution is 2.48. The first-order valence-electron chi connectivity index (χ1n) is 9.13. The lowest BCUT2D eigenvalue weighted by atomic mass is 9.87. The molecule has 150 valence electrons. The average Bonchev–Trinajstić information content (AvgIpc) is 3.08. The van der Waals surface area contributed by atoms with Crippen molar-refractivity contribution in [2.24, 2.45) is 0 Å². The van der Waals surface area contributed by atoms with E-state index in [0.29, 0.717) is 17.5 Å². The molecule has 0 bridgehead atoms. The van der Waals surface area contributed by atoms with Gasteiger partial charge in [0.2, 0.25) is 0 Å². The van der Waals surface area contributed by atoms with Crippen LogP contribution in [0.4, 0.5) is 26.3 Å². The fraction of sp³-hybridized carbons (Fsp3) is 0.217. The predicted octanol–water partition coefficient (Wildman–Crippen LogP) is 7.89. The molecular weight excluding hydrogens is 390 g/mol. The van der Waals surface area contributed by atoms with Crippen molar-refractivity contribution in [2.75, 3.05) is 0 Å². The lowest BCUT2D eigenvalue weighted by Gasteiger charge is -2.21. The van der Waals surface area contributed by atoms with E-state index < -0.39 is 23.5 Å². The van der Waals surface area contributed by atoms with E-state index in [1.165, 1.54) is 24.3 Å². The van der Waals surface area contributed by atoms with Crippen LogP contribution in [0.1, 0.15) is 35.6 Å². The predicted molar refractivity (Wildman–Crippen MR) is 101 cm³/mol. The molecule has 0 radical (unpaired) electrons. The van der Waals surface area contributed by atoms with Crippen LogP contribution in [0.2, 0.25) is 0 Å². The maximum Gasteiger partial charge on any atom is 0.417 e. The zero-order valence-corrected chi connectivity index (χ0v) is 15.4. The third-order valence-corrected chi connectivity index (χ3v) is 5.34. The molecule has 0 spiro atoms. The summed E-state index contributed by atoms with van der Waals surface area (Å²) in [6.07, 6.45) is -6.57. The van der Waals surface area contributed by atoms with Crippen LogP contribution in [0.25, 0.3) is 28.0 Å². The third kappa shape index (κ3) is 3.30. The zero-order chi connectivity index (χ0) is 21.0. The van der Waals surface area contributed by atoms with Crippen molar-refractivity contribution in [3.63, 3.8) is 0 Å². The molecule has 4 rings (SSSR count). The van der Waals surface area contributed by atoms with E-state index in [9.17, 15) is 26.3 Å². The summed E-state index contributed by atoms with van der Waals surface area (Å²) in [4.78, 5) is 0. The molecule has 3 aromatic rings. The minimum absolute atomic E-state index is 0.0543. The second kappa shape index (κ2) is 6.65. The second-order valence-corrected chi connectivity index (χ2v) is 7.10. The van der Waals surface area contributed by atoms with Crippen molar-refractivity contribution in [3.05, 3.63) is 76.4 Å². The first-order valence-corrected chi connectivity index (χ1v) is 9.13. The van der Waals surface area contributed by atoms with E-state index in [2.05, 4.69) is 0 Å². The summed E-state index contributed by atoms with van der Waals surface area (Å²) in [7, 11) is 0. The summed E-state index contributed by atoms with van der Waals surface area (Å²) in [6.45, 7) is 1.96. The van der Waals surface area contributed by atoms with E-state index in [-0.39, 0.29) is 22.4 Å². The Morgan fingerprint density at radius 1 is 0.793 bits per heavy atom. The van der Waals surface area contributed by atoms with Gasteiger partial charge >= 0.3 is 12.4 Å². The molecule has 1 aliphatic carbocycles. The van der Waals surface area contributed by atoms with Gasteiger partial charge < -0.3 is 0 Å². The van der Waals surface area contributed by atoms with Gasteiger partial charge in [0, 0.05) is 5.56 Å². The van der Waals surface area contributed by atoms with Crippen LogP contribution in [0, 0.1) is 0 Å². The first kappa shape index (κ1) is 19.6. The quantitative estimate of drug-likeness (QED) is 0.380. The van der Waals surface area contributed by atoms with Crippen molar-refractivity contribution < 1.29 is 26.3 Å². The monoisotopic (exact) mass is 406 g/mol. The van der Waals surface area contributed by atoms with Crippen LogP contribution in [0.5, 0.6) is 0 Å². The van der Waals surface area contributed by atoms with Gasteiger partial charge in [0.05, 0.1) is 11.1 Å². The fourth-order valence-corrected chi connectivity index (χ4v) is 4.01. The van der Waals surface area contributed by atoms with E-state index in [0.717, 1.165) is 17.6 Å². The van der Waals surface area contributed by atoms with Crippen molar-refractivity contribution in [1.29, 1.82) is 0 Å². The average molecular weight is 406 g/mol. The minimum Gasteiger partial charge on any atom is -0.166 e. The molecular formula is C23H16F6. The number of hydrogen-bond donors (Lipinski definition) is 0. The van der Waals surface area contributed by atoms with Crippen molar-refractivity contribution in [2.45, 2.75) is 32.1 Å². The molecule has 0 aromatic heterocycles. The number of benzene rings is 3. The Kier molecular flexibility index (Phi) is 4.48. The summed E-state index contributed by atoms with van der Waals surface area (Å²) < 4.78 is 82.5. The lowest BCUT2D eigenvalue weighted by molar-refractivity contribution is -0.141. The second-order valence-electron chi connectivity index (χ2n) is 7.10. The normalized spacial score (nSPS) is 14.2. The van der Waals surface area contributed by atoms with Crippen LogP contribution in [-0.2, 0) is 18.8 Å². The molecule has 29 heavy (non-hydrogen) atoms. The van der Waals surface area contributed by atoms with E-state index in [1.807, 2.05) is 19.1 Å². The Balaban J connectivity index is 2.15. The Morgan fingerprint density at radius 2 is 1.45 bits per heavy atom. The van der Waals surface area contributed by atoms with E-state index in [1.54, 1.807) is 12.1 Å². The van der Waals surface area contributed by atoms with Gasteiger partial charge in [0.25, 0.3) is 0 Å². The molecule has 0 N–H and O–H groups in total. The van der Waals surface area contributed by atoms with Crippen molar-refractivity contribution in [1.82, 2.24) is 0 Å². The molecule has 0 amide bonds. The van der Waals surface area contributed by atoms with Crippen LogP contribution in [-0.4, -0.2) is 0 Å². The largest absolute Gasteiger partial charge is 0.417 e. The van der Waals surface area contributed by atoms with Gasteiger partial charge in [-0.3, -0.25) is 0 Å². The van der Waals surface area contributed by atoms with Gasteiger partial charge in [-0.25, -0.2) is 0 Å². The Hall–Kier alpha value is -2.76. The summed E-state index contributed by atoms with van der Waals surface area (Å²) in [5.74, 6) is 0. The molecule has 3 aromatic carbocycles. The minimum atomic E-state index is -4.93. The molecule has 1 aliphatic rings. The van der Waals surface area contributed by atoms with Crippen LogP contribution in [0.15, 0.2) is 54.1 Å². The Bertz CT molecular complexity index is 1130. The highest BCUT2D eigenvalue weighted by molar-refractivity contribution is 6.02. The third-order valence-electron chi connectivity index (χ3n) is 5.34. The van der Waals surface area contributed by atoms with Gasteiger partial charge in [-0.1, -0.05) is 61.0 Å². The molecule has 0 nitrogen and oxygen atoms in total. The van der Waals surface area contributed by atoms with Gasteiger partial charge in [-0.2, -0.15) is 26.3 Å². The SMILES string of the molecule is CCC1=Cc2c(cccc2-c2c(C(F)(F)F)cc(C(F)(F)F)c3ccccc23)C1. The van der Waals surface area contributed by atoms with Crippen LogP contribution in [0.3, 0.4) is 0 Å². The van der Waals surface area contributed by atoms with Crippen molar-refractivity contribution in [3.8, 4) is 11.1 Å². The van der Waals surface area contributed by atoms with E-state index >= 15 is 0 Å². The molecule has 0 saturated heterocycles. The van der Waals surface area contributed by atoms with Crippen molar-refractivity contribution >= 4 is 16.8 Å². The van der Waals surface area contributed by atoms with Crippen LogP contribution < -0.4 is 0 Å². The summed E-state index contributed by atoms with van der Waals surface area (Å²) in [5, 5.41) is -0.292. The number of hydrogen-bond acceptors (Lipinski definition) is 0. The number of allylic oxidation sites excluding steroid dienone is 1. The van der Waals surface area contributed by atoms with E-state index in [4.69, 9.17) is 0 Å². The van der Waals surface area contributed by atoms with Gasteiger partial charge in [-0.15, -0.1) is 0 Å². The zero-order valence-electron chi connectivity index (χ0n) is 15.4. The fourth-order valence-electron chi connectivity index (χ4n) is 4.01. The van der Waals surface area contributed by atoms with Crippen LogP contribution >= 0.6 is 0 Å². The number of halogens is 6. The molecule has 0 aliphatic heterocycles. The first-order chi connectivity index (χ1) is 13.6. The number of rotatable bonds is 2. The summed E-state index contributed by atoms with van der Waals surface area (Å²) in [5.41, 5.74) is 0.181. The number of fused-ring (bicyclic) bond motifs is 2. The van der Waals surface area contributed by atoms with Gasteiger partial charge in [0.1, 0.15) is 0 Å². The highest BCUT2D eigenvalue weighted by atomic mass is 19.4. The van der Waals surface area contributed by atoms with Gasteiger partial charge in [-0.05, 0) is 46.4 Å².